The van der Waals surface area contributed by atoms with Crippen molar-refractivity contribution in [2.24, 2.45) is 47.3 Å². The van der Waals surface area contributed by atoms with Gasteiger partial charge < -0.3 is 36.2 Å². The summed E-state index contributed by atoms with van der Waals surface area (Å²) in [7, 11) is 0. The molecule has 0 aromatic carbocycles. The molecule has 6 rings (SSSR count). The smallest absolute Gasteiger partial charge is 0.303 e. The Balaban J connectivity index is 1.37. The lowest BCUT2D eigenvalue weighted by molar-refractivity contribution is -0.137. The van der Waals surface area contributed by atoms with E-state index in [1.54, 1.807) is 0 Å². The molecule has 0 amide bonds. The quantitative estimate of drug-likeness (QED) is 0.123. The van der Waals surface area contributed by atoms with E-state index in [-0.39, 0.29) is 87.1 Å². The molecule has 1 aliphatic carbocycles. The average Bonchev–Trinajstić information content (AvgIpc) is 3.85. The number of unbranched alkanes of at least 4 members (excludes halogenated alkanes) is 2. The molecule has 6 aliphatic rings. The first-order valence-electron chi connectivity index (χ1n) is 19.4. The molecule has 48 heavy (non-hydrogen) atoms. The molecule has 8 nitrogen and oxygen atoms in total. The van der Waals surface area contributed by atoms with Crippen LogP contribution < -0.4 is 21.3 Å². The van der Waals surface area contributed by atoms with Crippen molar-refractivity contribution in [1.29, 1.82) is 0 Å². The Hall–Kier alpha value is 0.670. The van der Waals surface area contributed by atoms with Crippen LogP contribution in [0.4, 0.5) is 0 Å². The molecule has 21 atom stereocenters. The number of ether oxygens (including phenoxy) is 1. The minimum absolute atomic E-state index is 0.126. The fourth-order valence-corrected chi connectivity index (χ4v) is 15.2. The highest BCUT2D eigenvalue weighted by Crippen LogP contribution is 2.51. The van der Waals surface area contributed by atoms with Crippen molar-refractivity contribution < 1.29 is 19.7 Å². The monoisotopic (exact) mass is 864 g/mol. The first-order valence-corrected chi connectivity index (χ1v) is 22.1. The fourth-order valence-electron chi connectivity index (χ4n) is 11.9. The number of aliphatic hydroxyl groups is 1. The highest BCUT2D eigenvalue weighted by atomic mass is 79.9. The van der Waals surface area contributed by atoms with Gasteiger partial charge in [-0.05, 0) is 68.1 Å². The molecule has 6 N–H and O–H groups in total. The third kappa shape index (κ3) is 7.03. The Labute approximate surface area is 315 Å². The molecular weight excluding hydrogens is 804 g/mol. The molecule has 5 heterocycles. The van der Waals surface area contributed by atoms with Crippen molar-refractivity contribution in [3.8, 4) is 0 Å². The van der Waals surface area contributed by atoms with Crippen LogP contribution in [-0.2, 0) is 9.53 Å². The number of carbonyl (C=O) groups is 1. The predicted molar refractivity (Wildman–Crippen MR) is 203 cm³/mol. The van der Waals surface area contributed by atoms with Gasteiger partial charge in [-0.3, -0.25) is 4.79 Å². The highest BCUT2D eigenvalue weighted by molar-refractivity contribution is 9.10. The number of rotatable bonds is 10. The first-order chi connectivity index (χ1) is 22.9. The Kier molecular flexibility index (Phi) is 12.8. The van der Waals surface area contributed by atoms with Crippen LogP contribution in [0.25, 0.3) is 0 Å². The minimum Gasteiger partial charge on any atom is -0.481 e. The molecule has 5 saturated heterocycles. The molecule has 6 fully saturated rings. The van der Waals surface area contributed by atoms with E-state index in [4.69, 9.17) is 4.74 Å². The number of hydrogen-bond acceptors (Lipinski definition) is 7. The van der Waals surface area contributed by atoms with Crippen LogP contribution >= 0.6 is 47.8 Å². The van der Waals surface area contributed by atoms with Gasteiger partial charge in [-0.15, -0.1) is 0 Å². The number of aliphatic hydroxyl groups excluding tert-OH is 1. The van der Waals surface area contributed by atoms with Crippen LogP contribution in [0.5, 0.6) is 0 Å². The third-order valence-electron chi connectivity index (χ3n) is 14.4. The second-order valence-electron chi connectivity index (χ2n) is 16.8. The molecule has 0 aromatic rings. The van der Waals surface area contributed by atoms with Crippen LogP contribution in [0.3, 0.4) is 0 Å². The molecule has 0 spiro atoms. The van der Waals surface area contributed by atoms with Crippen molar-refractivity contribution in [3.63, 3.8) is 0 Å². The molecule has 1 saturated carbocycles. The zero-order valence-corrected chi connectivity index (χ0v) is 34.6. The maximum absolute atomic E-state index is 11.9. The molecule has 0 aromatic heterocycles. The molecule has 5 aliphatic heterocycles. The number of carboxylic acids is 1. The third-order valence-corrected chi connectivity index (χ3v) is 17.9. The van der Waals surface area contributed by atoms with Gasteiger partial charge in [0.1, 0.15) is 0 Å². The van der Waals surface area contributed by atoms with Gasteiger partial charge in [-0.25, -0.2) is 0 Å². The second kappa shape index (κ2) is 16.0. The van der Waals surface area contributed by atoms with Crippen LogP contribution in [-0.4, -0.2) is 97.8 Å². The molecule has 21 unspecified atom stereocenters. The predicted octanol–water partition coefficient (Wildman–Crippen LogP) is 5.67. The standard InChI is InChI=1S/C37H63Br3N4O4/c1-7-9-10-13-48-19(6)27-18(5)33-29(39)32-17(4)21(11-12-26(46)47)34(42-32)23-15-25(45)22-14-24(41-35(22)23)28(38)36-20(8-2)16(3)31(43-36)30(40)37(27)44-33/h16-25,27-37,41-45H,7-15H2,1-6H3,(H,46,47). The maximum Gasteiger partial charge on any atom is 0.303 e. The SMILES string of the molecule is CCCCCOC(C)C1C(C)C2NC1C(Br)C1NC(C(Br)C3CC4C(O)CC(C4N3)C3NC(C(C)C3CCC(=O)O)C2Br)C(CC)C1C. The van der Waals surface area contributed by atoms with Crippen molar-refractivity contribution >= 4 is 53.8 Å². The van der Waals surface area contributed by atoms with Gasteiger partial charge in [0.05, 0.1) is 12.2 Å². The van der Waals surface area contributed by atoms with E-state index in [2.05, 4.69) is 111 Å². The van der Waals surface area contributed by atoms with E-state index >= 15 is 0 Å². The maximum atomic E-state index is 11.9. The average molecular weight is 868 g/mol. The van der Waals surface area contributed by atoms with Crippen molar-refractivity contribution in [2.75, 3.05) is 6.61 Å². The van der Waals surface area contributed by atoms with E-state index in [0.29, 0.717) is 48.1 Å². The Morgan fingerprint density at radius 3 is 2.06 bits per heavy atom. The van der Waals surface area contributed by atoms with E-state index < -0.39 is 5.97 Å². The van der Waals surface area contributed by atoms with Crippen LogP contribution in [0.1, 0.15) is 92.9 Å². The van der Waals surface area contributed by atoms with E-state index in [1.807, 2.05) is 0 Å². The Morgan fingerprint density at radius 2 is 1.40 bits per heavy atom. The zero-order valence-electron chi connectivity index (χ0n) is 29.8. The zero-order chi connectivity index (χ0) is 34.6. The van der Waals surface area contributed by atoms with Crippen molar-refractivity contribution in [1.82, 2.24) is 21.3 Å². The number of aliphatic carboxylic acids is 1. The van der Waals surface area contributed by atoms with Gasteiger partial charge in [0.2, 0.25) is 0 Å². The van der Waals surface area contributed by atoms with Gasteiger partial charge in [0.25, 0.3) is 0 Å². The Morgan fingerprint density at radius 1 is 0.771 bits per heavy atom. The normalized spacial score (nSPS) is 52.2. The van der Waals surface area contributed by atoms with Crippen molar-refractivity contribution in [2.45, 2.75) is 168 Å². The van der Waals surface area contributed by atoms with Crippen LogP contribution in [0, 0.1) is 47.3 Å². The summed E-state index contributed by atoms with van der Waals surface area (Å²) in [5.74, 6) is 2.04. The molecule has 0 radical (unpaired) electrons. The second-order valence-corrected chi connectivity index (χ2v) is 19.9. The summed E-state index contributed by atoms with van der Waals surface area (Å²) in [5, 5.41) is 38.0. The lowest BCUT2D eigenvalue weighted by Crippen LogP contribution is -2.56. The summed E-state index contributed by atoms with van der Waals surface area (Å²) in [4.78, 5) is 12.5. The summed E-state index contributed by atoms with van der Waals surface area (Å²) in [6, 6.07) is 1.94. The Bertz CT molecular complexity index is 1110. The van der Waals surface area contributed by atoms with Gasteiger partial charge in [0.15, 0.2) is 0 Å². The van der Waals surface area contributed by atoms with Crippen molar-refractivity contribution in [3.05, 3.63) is 0 Å². The summed E-state index contributed by atoms with van der Waals surface area (Å²) >= 11 is 12.9. The topological polar surface area (TPSA) is 115 Å². The largest absolute Gasteiger partial charge is 0.481 e. The molecule has 8 bridgehead atoms. The number of halogens is 3. The highest BCUT2D eigenvalue weighted by Gasteiger charge is 2.60. The fraction of sp³-hybridized carbons (Fsp3) is 0.973. The van der Waals surface area contributed by atoms with Crippen LogP contribution in [0.15, 0.2) is 0 Å². The van der Waals surface area contributed by atoms with Gasteiger partial charge in [-0.2, -0.15) is 0 Å². The number of nitrogens with one attached hydrogen (secondary N) is 4. The van der Waals surface area contributed by atoms with E-state index in [9.17, 15) is 15.0 Å². The van der Waals surface area contributed by atoms with Crippen LogP contribution in [0.2, 0.25) is 0 Å². The first kappa shape index (κ1) is 38.4. The summed E-state index contributed by atoms with van der Waals surface area (Å²) in [6.07, 6.45) is 6.99. The molecule has 276 valence electrons. The molecule has 11 heteroatoms. The summed E-state index contributed by atoms with van der Waals surface area (Å²) < 4.78 is 6.65. The summed E-state index contributed by atoms with van der Waals surface area (Å²) in [5.41, 5.74) is 0. The molecular formula is C37H63Br3N4O4. The number of hydrogen-bond donors (Lipinski definition) is 6. The van der Waals surface area contributed by atoms with Gasteiger partial charge in [-0.1, -0.05) is 102 Å². The van der Waals surface area contributed by atoms with Gasteiger partial charge in [0, 0.05) is 87.7 Å². The number of fused-ring (bicyclic) bond motifs is 8. The van der Waals surface area contributed by atoms with Gasteiger partial charge >= 0.3 is 5.97 Å². The summed E-state index contributed by atoms with van der Waals surface area (Å²) in [6.45, 7) is 14.9. The number of alkyl halides is 3. The lowest BCUT2D eigenvalue weighted by atomic mass is 9.76. The minimum atomic E-state index is -0.723. The van der Waals surface area contributed by atoms with E-state index in [0.717, 1.165) is 32.3 Å². The number of carboxylic acid groups (broad SMARTS) is 1. The lowest BCUT2D eigenvalue weighted by Gasteiger charge is -2.35. The van der Waals surface area contributed by atoms with E-state index in [1.165, 1.54) is 12.8 Å².